The number of hydrogen-bond acceptors (Lipinski definition) is 3. The van der Waals surface area contributed by atoms with Gasteiger partial charge in [-0.2, -0.15) is 23.3 Å². The fourth-order valence-corrected chi connectivity index (χ4v) is 4.13. The highest BCUT2D eigenvalue weighted by atomic mass is 19.4. The Bertz CT molecular complexity index is 788. The van der Waals surface area contributed by atoms with E-state index in [-0.39, 0.29) is 34.0 Å². The number of carbonyl (C=O) groups excluding carboxylic acids is 1. The molecule has 0 radical (unpaired) electrons. The second kappa shape index (κ2) is 6.83. The predicted octanol–water partition coefficient (Wildman–Crippen LogP) is 4.74. The monoisotopic (exact) mass is 400 g/mol. The van der Waals surface area contributed by atoms with Gasteiger partial charge in [0.05, 0.1) is 5.92 Å². The van der Waals surface area contributed by atoms with Crippen LogP contribution in [0.25, 0.3) is 0 Å². The van der Waals surface area contributed by atoms with Gasteiger partial charge < -0.3 is 5.11 Å². The fraction of sp³-hybridized carbons (Fsp3) is 0.600. The lowest BCUT2D eigenvalue weighted by Gasteiger charge is -2.43. The zero-order chi connectivity index (χ0) is 20.9. The van der Waals surface area contributed by atoms with Gasteiger partial charge in [0.15, 0.2) is 0 Å². The van der Waals surface area contributed by atoms with Crippen molar-refractivity contribution in [3.8, 4) is 0 Å². The minimum atomic E-state index is -5.09. The number of aliphatic hydroxyl groups is 1. The van der Waals surface area contributed by atoms with Crippen molar-refractivity contribution in [2.45, 2.75) is 58.4 Å². The summed E-state index contributed by atoms with van der Waals surface area (Å²) in [5.74, 6) is -3.06. The second-order valence-electron chi connectivity index (χ2n) is 8.31. The molecule has 1 saturated carbocycles. The molecule has 3 rings (SSSR count). The third kappa shape index (κ3) is 3.21. The summed E-state index contributed by atoms with van der Waals surface area (Å²) in [5, 5.41) is 14.9. The van der Waals surface area contributed by atoms with Crippen LogP contribution in [-0.2, 0) is 0 Å². The van der Waals surface area contributed by atoms with Gasteiger partial charge in [-0.05, 0) is 54.9 Å². The number of hydrogen-bond donors (Lipinski definition) is 1. The van der Waals surface area contributed by atoms with Gasteiger partial charge in [-0.15, -0.1) is 0 Å². The number of fused-ring (bicyclic) bond motifs is 1. The van der Waals surface area contributed by atoms with Gasteiger partial charge in [-0.25, -0.2) is 4.39 Å². The Labute approximate surface area is 161 Å². The lowest BCUT2D eigenvalue weighted by molar-refractivity contribution is -0.314. The molecule has 0 saturated heterocycles. The molecule has 1 aromatic carbocycles. The van der Waals surface area contributed by atoms with Crippen LogP contribution in [0.1, 0.15) is 56.8 Å². The van der Waals surface area contributed by atoms with E-state index in [0.717, 1.165) is 30.7 Å². The molecule has 1 aliphatic carbocycles. The molecule has 0 unspecified atom stereocenters. The van der Waals surface area contributed by atoms with Gasteiger partial charge >= 0.3 is 6.18 Å². The lowest BCUT2D eigenvalue weighted by atomic mass is 9.64. The van der Waals surface area contributed by atoms with Gasteiger partial charge in [0.25, 0.3) is 11.6 Å². The fourth-order valence-electron chi connectivity index (χ4n) is 4.13. The van der Waals surface area contributed by atoms with Gasteiger partial charge in [-0.3, -0.25) is 4.79 Å². The smallest absolute Gasteiger partial charge is 0.362 e. The Balaban J connectivity index is 2.00. The number of halogens is 4. The summed E-state index contributed by atoms with van der Waals surface area (Å²) in [4.78, 5) is 12.7. The average Bonchev–Trinajstić information content (AvgIpc) is 2.95. The molecular weight excluding hydrogens is 376 g/mol. The molecule has 0 aromatic heterocycles. The van der Waals surface area contributed by atoms with Crippen LogP contribution >= 0.6 is 0 Å². The highest BCUT2D eigenvalue weighted by Crippen LogP contribution is 2.52. The molecule has 1 aliphatic heterocycles. The van der Waals surface area contributed by atoms with E-state index in [9.17, 15) is 27.5 Å². The number of rotatable bonds is 3. The molecule has 0 bridgehead atoms. The maximum atomic E-state index is 14.0. The summed E-state index contributed by atoms with van der Waals surface area (Å²) < 4.78 is 55.2. The molecule has 8 heteroatoms. The third-order valence-electron chi connectivity index (χ3n) is 6.43. The highest BCUT2D eigenvalue weighted by molar-refractivity contribution is 5.99. The zero-order valence-corrected chi connectivity index (χ0v) is 16.1. The predicted molar refractivity (Wildman–Crippen MR) is 95.9 cm³/mol. The Kier molecular flexibility index (Phi) is 5.06. The topological polar surface area (TPSA) is 52.9 Å². The number of carbonyl (C=O) groups is 1. The Morgan fingerprint density at radius 2 is 1.89 bits per heavy atom. The van der Waals surface area contributed by atoms with Gasteiger partial charge in [-0.1, -0.05) is 27.2 Å². The quantitative estimate of drug-likeness (QED) is 0.745. The third-order valence-corrected chi connectivity index (χ3v) is 6.43. The first kappa shape index (κ1) is 20.8. The minimum absolute atomic E-state index is 0.0313. The molecule has 4 nitrogen and oxygen atoms in total. The summed E-state index contributed by atoms with van der Waals surface area (Å²) in [7, 11) is 0. The molecular formula is C20H24F4N2O2. The van der Waals surface area contributed by atoms with E-state index >= 15 is 0 Å². The van der Waals surface area contributed by atoms with E-state index in [1.165, 1.54) is 0 Å². The molecule has 1 N–H and O–H groups in total. The van der Waals surface area contributed by atoms with Crippen molar-refractivity contribution < 1.29 is 27.5 Å². The number of amides is 1. The standard InChI is InChI=1S/C20H24F4N2O2/c1-4-18(2,3)13-7-10-16-15(11-13)19(28,20(22,23)24)26(25-16)17(27)12-5-8-14(21)9-6-12/h5-6,8-9,13,15,28H,4,7,10-11H2,1-3H3/t13-,15-,19+/m1/s1. The summed E-state index contributed by atoms with van der Waals surface area (Å²) >= 11 is 0. The van der Waals surface area contributed by atoms with Crippen molar-refractivity contribution >= 4 is 11.6 Å². The summed E-state index contributed by atoms with van der Waals surface area (Å²) in [6.07, 6.45) is -3.24. The zero-order valence-electron chi connectivity index (χ0n) is 16.1. The first-order chi connectivity index (χ1) is 12.9. The first-order valence-corrected chi connectivity index (χ1v) is 9.38. The van der Waals surface area contributed by atoms with Gasteiger partial charge in [0.2, 0.25) is 0 Å². The van der Waals surface area contributed by atoms with Gasteiger partial charge in [0.1, 0.15) is 5.82 Å². The van der Waals surface area contributed by atoms with Crippen LogP contribution in [0.15, 0.2) is 29.4 Å². The van der Waals surface area contributed by atoms with Crippen molar-refractivity contribution in [2.24, 2.45) is 22.4 Å². The van der Waals surface area contributed by atoms with Crippen molar-refractivity contribution in [2.75, 3.05) is 0 Å². The van der Waals surface area contributed by atoms with Crippen LogP contribution < -0.4 is 0 Å². The van der Waals surface area contributed by atoms with E-state index in [1.807, 2.05) is 20.8 Å². The molecule has 154 valence electrons. The summed E-state index contributed by atoms with van der Waals surface area (Å²) in [6, 6.07) is 4.13. The Hall–Kier alpha value is -1.96. The number of nitrogens with zero attached hydrogens (tertiary/aromatic N) is 2. The second-order valence-corrected chi connectivity index (χ2v) is 8.31. The molecule has 28 heavy (non-hydrogen) atoms. The van der Waals surface area contributed by atoms with Crippen LogP contribution in [0.4, 0.5) is 17.6 Å². The highest BCUT2D eigenvalue weighted by Gasteiger charge is 2.69. The van der Waals surface area contributed by atoms with E-state index in [2.05, 4.69) is 5.10 Å². The summed E-state index contributed by atoms with van der Waals surface area (Å²) in [5.41, 5.74) is -3.57. The molecule has 3 atom stereocenters. The van der Waals surface area contributed by atoms with Crippen LogP contribution in [0, 0.1) is 23.1 Å². The van der Waals surface area contributed by atoms with E-state index < -0.39 is 29.5 Å². The molecule has 1 amide bonds. The van der Waals surface area contributed by atoms with E-state index in [4.69, 9.17) is 0 Å². The first-order valence-electron chi connectivity index (χ1n) is 9.38. The minimum Gasteiger partial charge on any atom is -0.362 e. The Morgan fingerprint density at radius 1 is 1.29 bits per heavy atom. The Morgan fingerprint density at radius 3 is 2.43 bits per heavy atom. The number of benzene rings is 1. The lowest BCUT2D eigenvalue weighted by Crippen LogP contribution is -2.62. The van der Waals surface area contributed by atoms with E-state index in [0.29, 0.717) is 12.8 Å². The SMILES string of the molecule is CCC(C)(C)[C@@H]1CCC2=NN(C(=O)c3ccc(F)cc3)[C@@](O)(C(F)(F)F)[C@@H]2C1. The van der Waals surface area contributed by atoms with Crippen LogP contribution in [0.2, 0.25) is 0 Å². The van der Waals surface area contributed by atoms with Crippen molar-refractivity contribution in [3.05, 3.63) is 35.6 Å². The number of hydrazone groups is 1. The summed E-state index contributed by atoms with van der Waals surface area (Å²) in [6.45, 7) is 5.99. The van der Waals surface area contributed by atoms with Crippen LogP contribution in [-0.4, -0.2) is 33.6 Å². The van der Waals surface area contributed by atoms with Crippen molar-refractivity contribution in [3.63, 3.8) is 0 Å². The van der Waals surface area contributed by atoms with Gasteiger partial charge in [0, 0.05) is 11.3 Å². The number of alkyl halides is 3. The molecule has 0 spiro atoms. The van der Waals surface area contributed by atoms with Crippen LogP contribution in [0.3, 0.4) is 0 Å². The molecule has 1 aromatic rings. The molecule has 1 fully saturated rings. The maximum Gasteiger partial charge on any atom is 0.439 e. The molecule has 2 aliphatic rings. The van der Waals surface area contributed by atoms with E-state index in [1.54, 1.807) is 0 Å². The average molecular weight is 400 g/mol. The van der Waals surface area contributed by atoms with Crippen molar-refractivity contribution in [1.29, 1.82) is 0 Å². The maximum absolute atomic E-state index is 14.0. The molecule has 1 heterocycles. The van der Waals surface area contributed by atoms with Crippen molar-refractivity contribution in [1.82, 2.24) is 5.01 Å². The van der Waals surface area contributed by atoms with Crippen LogP contribution in [0.5, 0.6) is 0 Å². The largest absolute Gasteiger partial charge is 0.439 e. The normalized spacial score (nSPS) is 28.1.